The maximum Gasteiger partial charge on any atom is 0.321 e. The molecule has 0 spiro atoms. The standard InChI is InChI=1S/C18H27N3O2/c1-14-5-3-7-17(15(14)2)19-18(22)21-10-8-20(9-11-21)13-16-6-4-12-23-16/h3,5,7,16H,4,6,8-13H2,1-2H3,(H,19,22). The Balaban J connectivity index is 1.49. The van der Waals surface area contributed by atoms with Gasteiger partial charge in [0.05, 0.1) is 6.10 Å². The van der Waals surface area contributed by atoms with Gasteiger partial charge in [-0.25, -0.2) is 4.79 Å². The van der Waals surface area contributed by atoms with Crippen LogP contribution >= 0.6 is 0 Å². The number of nitrogens with one attached hydrogen (secondary N) is 1. The van der Waals surface area contributed by atoms with Crippen LogP contribution in [-0.2, 0) is 4.74 Å². The van der Waals surface area contributed by atoms with Crippen LogP contribution in [0.1, 0.15) is 24.0 Å². The maximum atomic E-state index is 12.5. The van der Waals surface area contributed by atoms with Gasteiger partial charge < -0.3 is 15.0 Å². The molecule has 2 fully saturated rings. The normalized spacial score (nSPS) is 22.3. The zero-order valence-corrected chi connectivity index (χ0v) is 14.2. The lowest BCUT2D eigenvalue weighted by atomic mass is 10.1. The van der Waals surface area contributed by atoms with Crippen molar-refractivity contribution < 1.29 is 9.53 Å². The first kappa shape index (κ1) is 16.3. The van der Waals surface area contributed by atoms with Gasteiger partial charge in [-0.3, -0.25) is 4.90 Å². The maximum absolute atomic E-state index is 12.5. The third-order valence-corrected chi connectivity index (χ3v) is 4.99. The summed E-state index contributed by atoms with van der Waals surface area (Å²) in [6.07, 6.45) is 2.75. The van der Waals surface area contributed by atoms with Gasteiger partial charge in [0, 0.05) is 45.0 Å². The number of benzene rings is 1. The van der Waals surface area contributed by atoms with Gasteiger partial charge in [-0.2, -0.15) is 0 Å². The van der Waals surface area contributed by atoms with E-state index < -0.39 is 0 Å². The molecular formula is C18H27N3O2. The molecule has 2 amide bonds. The van der Waals surface area contributed by atoms with E-state index in [0.29, 0.717) is 6.10 Å². The first-order chi connectivity index (χ1) is 11.1. The molecule has 1 N–H and O–H groups in total. The predicted molar refractivity (Wildman–Crippen MR) is 91.9 cm³/mol. The fraction of sp³-hybridized carbons (Fsp3) is 0.611. The summed E-state index contributed by atoms with van der Waals surface area (Å²) in [6, 6.07) is 6.02. The Hall–Kier alpha value is -1.59. The number of piperazine rings is 1. The molecule has 3 rings (SSSR count). The van der Waals surface area contributed by atoms with Crippen LogP contribution in [0.15, 0.2) is 18.2 Å². The molecule has 5 nitrogen and oxygen atoms in total. The lowest BCUT2D eigenvalue weighted by Gasteiger charge is -2.35. The van der Waals surface area contributed by atoms with Crippen molar-refractivity contribution in [3.05, 3.63) is 29.3 Å². The molecular weight excluding hydrogens is 290 g/mol. The number of hydrogen-bond donors (Lipinski definition) is 1. The van der Waals surface area contributed by atoms with Crippen molar-refractivity contribution in [2.45, 2.75) is 32.8 Å². The number of urea groups is 1. The number of aryl methyl sites for hydroxylation is 1. The van der Waals surface area contributed by atoms with Gasteiger partial charge in [0.15, 0.2) is 0 Å². The number of carbonyl (C=O) groups excluding carboxylic acids is 1. The lowest BCUT2D eigenvalue weighted by Crippen LogP contribution is -2.51. The molecule has 1 aromatic rings. The Kier molecular flexibility index (Phi) is 5.18. The van der Waals surface area contributed by atoms with E-state index in [-0.39, 0.29) is 6.03 Å². The molecule has 0 radical (unpaired) electrons. The smallest absolute Gasteiger partial charge is 0.321 e. The quantitative estimate of drug-likeness (QED) is 0.932. The largest absolute Gasteiger partial charge is 0.377 e. The molecule has 0 aromatic heterocycles. The zero-order valence-electron chi connectivity index (χ0n) is 14.2. The summed E-state index contributed by atoms with van der Waals surface area (Å²) in [5.74, 6) is 0. The van der Waals surface area contributed by atoms with Crippen LogP contribution in [0, 0.1) is 13.8 Å². The Morgan fingerprint density at radius 2 is 2.04 bits per heavy atom. The molecule has 2 aliphatic rings. The summed E-state index contributed by atoms with van der Waals surface area (Å²) in [5.41, 5.74) is 3.25. The second-order valence-corrected chi connectivity index (χ2v) is 6.60. The van der Waals surface area contributed by atoms with Crippen LogP contribution in [0.3, 0.4) is 0 Å². The number of carbonyl (C=O) groups is 1. The van der Waals surface area contributed by atoms with E-state index in [1.807, 2.05) is 24.0 Å². The van der Waals surface area contributed by atoms with E-state index in [0.717, 1.165) is 50.6 Å². The Bertz CT molecular complexity index is 547. The van der Waals surface area contributed by atoms with Crippen LogP contribution in [0.2, 0.25) is 0 Å². The van der Waals surface area contributed by atoms with Crippen molar-refractivity contribution in [3.63, 3.8) is 0 Å². The highest BCUT2D eigenvalue weighted by atomic mass is 16.5. The topological polar surface area (TPSA) is 44.8 Å². The Labute approximate surface area is 138 Å². The predicted octanol–water partition coefficient (Wildman–Crippen LogP) is 2.63. The van der Waals surface area contributed by atoms with Crippen LogP contribution in [0.4, 0.5) is 10.5 Å². The summed E-state index contributed by atoms with van der Waals surface area (Å²) >= 11 is 0. The summed E-state index contributed by atoms with van der Waals surface area (Å²) in [6.45, 7) is 9.45. The molecule has 1 aromatic carbocycles. The first-order valence-electron chi connectivity index (χ1n) is 8.59. The Morgan fingerprint density at radius 1 is 1.26 bits per heavy atom. The van der Waals surface area contributed by atoms with Gasteiger partial charge in [-0.1, -0.05) is 12.1 Å². The molecule has 2 saturated heterocycles. The van der Waals surface area contributed by atoms with Gasteiger partial charge in [0.2, 0.25) is 0 Å². The molecule has 0 saturated carbocycles. The monoisotopic (exact) mass is 317 g/mol. The van der Waals surface area contributed by atoms with E-state index in [1.54, 1.807) is 0 Å². The second-order valence-electron chi connectivity index (χ2n) is 6.60. The number of hydrogen-bond acceptors (Lipinski definition) is 3. The van der Waals surface area contributed by atoms with Crippen molar-refractivity contribution >= 4 is 11.7 Å². The number of anilines is 1. The molecule has 1 unspecified atom stereocenters. The minimum Gasteiger partial charge on any atom is -0.377 e. The van der Waals surface area contributed by atoms with E-state index in [1.165, 1.54) is 18.4 Å². The molecule has 2 heterocycles. The summed E-state index contributed by atoms with van der Waals surface area (Å²) in [7, 11) is 0. The van der Waals surface area contributed by atoms with Crippen LogP contribution in [0.25, 0.3) is 0 Å². The lowest BCUT2D eigenvalue weighted by molar-refractivity contribution is 0.0572. The fourth-order valence-electron chi connectivity index (χ4n) is 3.29. The summed E-state index contributed by atoms with van der Waals surface area (Å²) < 4.78 is 5.70. The highest BCUT2D eigenvalue weighted by Crippen LogP contribution is 2.19. The average Bonchev–Trinajstić information content (AvgIpc) is 3.05. The van der Waals surface area contributed by atoms with Crippen molar-refractivity contribution in [1.29, 1.82) is 0 Å². The summed E-state index contributed by atoms with van der Waals surface area (Å²) in [4.78, 5) is 16.8. The fourth-order valence-corrected chi connectivity index (χ4v) is 3.29. The third-order valence-electron chi connectivity index (χ3n) is 4.99. The van der Waals surface area contributed by atoms with Gasteiger partial charge in [0.1, 0.15) is 0 Å². The number of nitrogens with zero attached hydrogens (tertiary/aromatic N) is 2. The minimum atomic E-state index is 0.00969. The Morgan fingerprint density at radius 3 is 2.74 bits per heavy atom. The molecule has 1 atom stereocenters. The minimum absolute atomic E-state index is 0.00969. The summed E-state index contributed by atoms with van der Waals surface area (Å²) in [5, 5.41) is 3.05. The zero-order chi connectivity index (χ0) is 16.2. The van der Waals surface area contributed by atoms with Crippen LogP contribution in [-0.4, -0.2) is 61.3 Å². The molecule has 0 aliphatic carbocycles. The second kappa shape index (κ2) is 7.32. The van der Waals surface area contributed by atoms with Crippen molar-refractivity contribution in [1.82, 2.24) is 9.80 Å². The van der Waals surface area contributed by atoms with Crippen LogP contribution in [0.5, 0.6) is 0 Å². The highest BCUT2D eigenvalue weighted by Gasteiger charge is 2.25. The van der Waals surface area contributed by atoms with E-state index in [2.05, 4.69) is 23.2 Å². The number of ether oxygens (including phenoxy) is 1. The molecule has 5 heteroatoms. The van der Waals surface area contributed by atoms with Crippen molar-refractivity contribution in [3.8, 4) is 0 Å². The number of amides is 2. The van der Waals surface area contributed by atoms with Gasteiger partial charge >= 0.3 is 6.03 Å². The van der Waals surface area contributed by atoms with Gasteiger partial charge in [0.25, 0.3) is 0 Å². The van der Waals surface area contributed by atoms with Gasteiger partial charge in [-0.05, 0) is 43.9 Å². The van der Waals surface area contributed by atoms with E-state index in [4.69, 9.17) is 4.74 Å². The SMILES string of the molecule is Cc1cccc(NC(=O)N2CCN(CC3CCCO3)CC2)c1C. The van der Waals surface area contributed by atoms with E-state index >= 15 is 0 Å². The highest BCUT2D eigenvalue weighted by molar-refractivity contribution is 5.90. The third kappa shape index (κ3) is 4.03. The molecule has 23 heavy (non-hydrogen) atoms. The molecule has 126 valence electrons. The average molecular weight is 317 g/mol. The van der Waals surface area contributed by atoms with Crippen molar-refractivity contribution in [2.24, 2.45) is 0 Å². The van der Waals surface area contributed by atoms with Crippen LogP contribution < -0.4 is 5.32 Å². The molecule has 0 bridgehead atoms. The van der Waals surface area contributed by atoms with Gasteiger partial charge in [-0.15, -0.1) is 0 Å². The first-order valence-corrected chi connectivity index (χ1v) is 8.59. The van der Waals surface area contributed by atoms with Crippen molar-refractivity contribution in [2.75, 3.05) is 44.6 Å². The molecule has 2 aliphatic heterocycles. The van der Waals surface area contributed by atoms with E-state index in [9.17, 15) is 4.79 Å². The number of rotatable bonds is 3.